The molecule has 6 heteroatoms. The summed E-state index contributed by atoms with van der Waals surface area (Å²) in [7, 11) is 0. The lowest BCUT2D eigenvalue weighted by Crippen LogP contribution is -2.16. The zero-order valence-corrected chi connectivity index (χ0v) is 10.4. The SMILES string of the molecule is O=c1[nH]cnc(NCCOCC2CC2)c1Br. The van der Waals surface area contributed by atoms with Gasteiger partial charge in [0.25, 0.3) is 5.56 Å². The van der Waals surface area contributed by atoms with Crippen molar-refractivity contribution >= 4 is 21.7 Å². The fourth-order valence-electron chi connectivity index (χ4n) is 1.28. The minimum Gasteiger partial charge on any atom is -0.379 e. The Labute approximate surface area is 102 Å². The third-order valence-electron chi connectivity index (χ3n) is 2.39. The number of rotatable bonds is 6. The molecule has 1 fully saturated rings. The minimum absolute atomic E-state index is 0.184. The predicted molar refractivity (Wildman–Crippen MR) is 64.6 cm³/mol. The zero-order chi connectivity index (χ0) is 11.4. The van der Waals surface area contributed by atoms with Crippen molar-refractivity contribution in [1.29, 1.82) is 0 Å². The van der Waals surface area contributed by atoms with Crippen molar-refractivity contribution in [2.45, 2.75) is 12.8 Å². The van der Waals surface area contributed by atoms with Gasteiger partial charge in [-0.2, -0.15) is 0 Å². The molecule has 1 heterocycles. The van der Waals surface area contributed by atoms with Crippen LogP contribution in [-0.2, 0) is 4.74 Å². The average molecular weight is 288 g/mol. The standard InChI is InChI=1S/C10H14BrN3O2/c11-8-9(13-6-14-10(8)15)12-3-4-16-5-7-1-2-7/h6-7H,1-5H2,(H2,12,13,14,15). The van der Waals surface area contributed by atoms with Crippen molar-refractivity contribution in [3.05, 3.63) is 21.2 Å². The quantitative estimate of drug-likeness (QED) is 0.776. The maximum absolute atomic E-state index is 11.2. The summed E-state index contributed by atoms with van der Waals surface area (Å²) in [4.78, 5) is 17.7. The van der Waals surface area contributed by atoms with E-state index in [2.05, 4.69) is 31.2 Å². The smallest absolute Gasteiger partial charge is 0.267 e. The fourth-order valence-corrected chi connectivity index (χ4v) is 1.64. The fraction of sp³-hybridized carbons (Fsp3) is 0.600. The number of nitrogens with zero attached hydrogens (tertiary/aromatic N) is 1. The summed E-state index contributed by atoms with van der Waals surface area (Å²) in [6, 6.07) is 0. The topological polar surface area (TPSA) is 67.0 Å². The molecule has 1 saturated carbocycles. The number of nitrogens with one attached hydrogen (secondary N) is 2. The molecule has 16 heavy (non-hydrogen) atoms. The highest BCUT2D eigenvalue weighted by molar-refractivity contribution is 9.10. The molecule has 1 aromatic heterocycles. The highest BCUT2D eigenvalue weighted by Crippen LogP contribution is 2.28. The molecule has 5 nitrogen and oxygen atoms in total. The van der Waals surface area contributed by atoms with Crippen molar-refractivity contribution in [2.24, 2.45) is 5.92 Å². The summed E-state index contributed by atoms with van der Waals surface area (Å²) in [5.74, 6) is 1.34. The van der Waals surface area contributed by atoms with Crippen LogP contribution < -0.4 is 10.9 Å². The third-order valence-corrected chi connectivity index (χ3v) is 3.12. The molecule has 0 radical (unpaired) electrons. The molecule has 0 unspecified atom stereocenters. The van der Waals surface area contributed by atoms with Crippen molar-refractivity contribution in [2.75, 3.05) is 25.1 Å². The number of ether oxygens (including phenoxy) is 1. The van der Waals surface area contributed by atoms with Gasteiger partial charge in [0, 0.05) is 13.2 Å². The molecule has 88 valence electrons. The maximum atomic E-state index is 11.2. The van der Waals surface area contributed by atoms with Crippen LogP contribution in [0.3, 0.4) is 0 Å². The second-order valence-electron chi connectivity index (χ2n) is 3.84. The van der Waals surface area contributed by atoms with Crippen LogP contribution in [-0.4, -0.2) is 29.7 Å². The molecule has 1 aromatic rings. The first-order chi connectivity index (χ1) is 7.77. The van der Waals surface area contributed by atoms with E-state index in [0.29, 0.717) is 23.4 Å². The van der Waals surface area contributed by atoms with Crippen molar-refractivity contribution in [3.8, 4) is 0 Å². The van der Waals surface area contributed by atoms with Crippen LogP contribution in [0.25, 0.3) is 0 Å². The first-order valence-electron chi connectivity index (χ1n) is 5.32. The number of aromatic nitrogens is 2. The van der Waals surface area contributed by atoms with Gasteiger partial charge in [-0.15, -0.1) is 0 Å². The van der Waals surface area contributed by atoms with Crippen LogP contribution in [0.1, 0.15) is 12.8 Å². The Hall–Kier alpha value is -0.880. The van der Waals surface area contributed by atoms with E-state index in [9.17, 15) is 4.79 Å². The van der Waals surface area contributed by atoms with Crippen LogP contribution in [0.4, 0.5) is 5.82 Å². The number of hydrogen-bond acceptors (Lipinski definition) is 4. The molecular formula is C10H14BrN3O2. The Morgan fingerprint density at radius 1 is 1.62 bits per heavy atom. The van der Waals surface area contributed by atoms with E-state index in [1.807, 2.05) is 0 Å². The highest BCUT2D eigenvalue weighted by atomic mass is 79.9. The van der Waals surface area contributed by atoms with Gasteiger partial charge in [0.15, 0.2) is 0 Å². The van der Waals surface area contributed by atoms with Gasteiger partial charge >= 0.3 is 0 Å². The van der Waals surface area contributed by atoms with Gasteiger partial charge in [0.2, 0.25) is 0 Å². The number of anilines is 1. The Kier molecular flexibility index (Phi) is 3.95. The average Bonchev–Trinajstić information content (AvgIpc) is 3.07. The molecule has 1 aliphatic carbocycles. The summed E-state index contributed by atoms with van der Waals surface area (Å²) in [5, 5.41) is 3.04. The molecule has 0 aliphatic heterocycles. The van der Waals surface area contributed by atoms with Gasteiger partial charge in [-0.05, 0) is 34.7 Å². The van der Waals surface area contributed by atoms with Gasteiger partial charge in [-0.3, -0.25) is 4.79 Å². The van der Waals surface area contributed by atoms with Crippen LogP contribution in [0.2, 0.25) is 0 Å². The third kappa shape index (κ3) is 3.31. The highest BCUT2D eigenvalue weighted by Gasteiger charge is 2.20. The summed E-state index contributed by atoms with van der Waals surface area (Å²) < 4.78 is 5.89. The number of H-pyrrole nitrogens is 1. The Morgan fingerprint density at radius 3 is 3.19 bits per heavy atom. The van der Waals surface area contributed by atoms with E-state index in [1.54, 1.807) is 0 Å². The second-order valence-corrected chi connectivity index (χ2v) is 4.63. The summed E-state index contributed by atoms with van der Waals surface area (Å²) in [6.07, 6.45) is 3.98. The molecule has 2 N–H and O–H groups in total. The zero-order valence-electron chi connectivity index (χ0n) is 8.83. The van der Waals surface area contributed by atoms with Crippen LogP contribution in [0, 0.1) is 5.92 Å². The number of halogens is 1. The van der Waals surface area contributed by atoms with Crippen molar-refractivity contribution < 1.29 is 4.74 Å². The van der Waals surface area contributed by atoms with E-state index in [0.717, 1.165) is 12.5 Å². The Balaban J connectivity index is 1.71. The molecule has 2 rings (SSSR count). The van der Waals surface area contributed by atoms with E-state index in [-0.39, 0.29) is 5.56 Å². The molecule has 1 aliphatic rings. The van der Waals surface area contributed by atoms with Gasteiger partial charge in [0.1, 0.15) is 10.3 Å². The van der Waals surface area contributed by atoms with Gasteiger partial charge in [-0.25, -0.2) is 4.98 Å². The minimum atomic E-state index is -0.184. The normalized spacial score (nSPS) is 15.1. The van der Waals surface area contributed by atoms with Crippen molar-refractivity contribution in [1.82, 2.24) is 9.97 Å². The van der Waals surface area contributed by atoms with Gasteiger partial charge in [0.05, 0.1) is 12.9 Å². The predicted octanol–water partition coefficient (Wildman–Crippen LogP) is 1.37. The lowest BCUT2D eigenvalue weighted by Gasteiger charge is -2.06. The van der Waals surface area contributed by atoms with Crippen molar-refractivity contribution in [3.63, 3.8) is 0 Å². The lowest BCUT2D eigenvalue weighted by molar-refractivity contribution is 0.134. The van der Waals surface area contributed by atoms with Crippen LogP contribution >= 0.6 is 15.9 Å². The molecule has 0 atom stereocenters. The molecule has 0 spiro atoms. The molecule has 0 amide bonds. The van der Waals surface area contributed by atoms with Crippen LogP contribution in [0.5, 0.6) is 0 Å². The Bertz CT molecular complexity index is 403. The van der Waals surface area contributed by atoms with Gasteiger partial charge < -0.3 is 15.0 Å². The van der Waals surface area contributed by atoms with E-state index in [4.69, 9.17) is 4.74 Å². The monoisotopic (exact) mass is 287 g/mol. The summed E-state index contributed by atoms with van der Waals surface area (Å²) >= 11 is 3.17. The van der Waals surface area contributed by atoms with E-state index in [1.165, 1.54) is 19.2 Å². The first kappa shape index (κ1) is 11.6. The van der Waals surface area contributed by atoms with E-state index < -0.39 is 0 Å². The number of hydrogen-bond donors (Lipinski definition) is 2. The summed E-state index contributed by atoms with van der Waals surface area (Å²) in [6.45, 7) is 2.14. The number of aromatic amines is 1. The largest absolute Gasteiger partial charge is 0.379 e. The van der Waals surface area contributed by atoms with E-state index >= 15 is 0 Å². The molecule has 0 bridgehead atoms. The summed E-state index contributed by atoms with van der Waals surface area (Å²) in [5.41, 5.74) is -0.184. The maximum Gasteiger partial charge on any atom is 0.267 e. The molecular weight excluding hydrogens is 274 g/mol. The van der Waals surface area contributed by atoms with Crippen LogP contribution in [0.15, 0.2) is 15.6 Å². The lowest BCUT2D eigenvalue weighted by atomic mass is 10.5. The Morgan fingerprint density at radius 2 is 2.44 bits per heavy atom. The molecule has 0 aromatic carbocycles. The first-order valence-corrected chi connectivity index (χ1v) is 6.11. The molecule has 0 saturated heterocycles. The second kappa shape index (κ2) is 5.45. The van der Waals surface area contributed by atoms with Gasteiger partial charge in [-0.1, -0.05) is 0 Å².